The Labute approximate surface area is 123 Å². The number of carbonyl (C=O) groups excluding carboxylic acids is 1. The lowest BCUT2D eigenvalue weighted by atomic mass is 10.1. The first-order valence-electron chi connectivity index (χ1n) is 6.20. The van der Waals surface area contributed by atoms with Crippen molar-refractivity contribution in [3.05, 3.63) is 53.7 Å². The highest BCUT2D eigenvalue weighted by Crippen LogP contribution is 2.21. The van der Waals surface area contributed by atoms with Crippen LogP contribution in [0, 0.1) is 0 Å². The average Bonchev–Trinajstić information content (AvgIpc) is 2.47. The monoisotopic (exact) mass is 289 g/mol. The first kappa shape index (κ1) is 14.3. The van der Waals surface area contributed by atoms with E-state index in [1.54, 1.807) is 24.4 Å². The minimum atomic E-state index is -0.173. The molecule has 1 amide bonds. The Morgan fingerprint density at radius 1 is 1.30 bits per heavy atom. The number of aromatic nitrogens is 1. The SMILES string of the molecule is CN(C)c1ncccc1NC(=O)c1cccc(CCl)c1. The molecule has 0 fully saturated rings. The zero-order chi connectivity index (χ0) is 14.5. The number of hydrogen-bond donors (Lipinski definition) is 1. The molecule has 0 atom stereocenters. The van der Waals surface area contributed by atoms with Gasteiger partial charge in [-0.2, -0.15) is 0 Å². The fraction of sp³-hybridized carbons (Fsp3) is 0.200. The van der Waals surface area contributed by atoms with Crippen molar-refractivity contribution in [2.24, 2.45) is 0 Å². The van der Waals surface area contributed by atoms with Crippen molar-refractivity contribution in [3.63, 3.8) is 0 Å². The van der Waals surface area contributed by atoms with Gasteiger partial charge in [-0.15, -0.1) is 11.6 Å². The van der Waals surface area contributed by atoms with E-state index in [0.717, 1.165) is 5.56 Å². The number of alkyl halides is 1. The largest absolute Gasteiger partial charge is 0.361 e. The minimum Gasteiger partial charge on any atom is -0.361 e. The smallest absolute Gasteiger partial charge is 0.255 e. The maximum Gasteiger partial charge on any atom is 0.255 e. The highest BCUT2D eigenvalue weighted by Gasteiger charge is 2.11. The van der Waals surface area contributed by atoms with Crippen LogP contribution in [-0.4, -0.2) is 25.0 Å². The molecule has 104 valence electrons. The third-order valence-electron chi connectivity index (χ3n) is 2.80. The quantitative estimate of drug-likeness (QED) is 0.880. The summed E-state index contributed by atoms with van der Waals surface area (Å²) in [6, 6.07) is 10.9. The first-order valence-corrected chi connectivity index (χ1v) is 6.74. The number of carbonyl (C=O) groups is 1. The third kappa shape index (κ3) is 3.27. The molecule has 0 aliphatic rings. The summed E-state index contributed by atoms with van der Waals surface area (Å²) in [5.74, 6) is 0.930. The van der Waals surface area contributed by atoms with Gasteiger partial charge in [0.25, 0.3) is 5.91 Å². The van der Waals surface area contributed by atoms with Gasteiger partial charge < -0.3 is 10.2 Å². The van der Waals surface area contributed by atoms with Crippen LogP contribution >= 0.6 is 11.6 Å². The second kappa shape index (κ2) is 6.39. The second-order valence-corrected chi connectivity index (χ2v) is 4.82. The molecule has 5 heteroatoms. The van der Waals surface area contributed by atoms with E-state index in [-0.39, 0.29) is 5.91 Å². The standard InChI is InChI=1S/C15H16ClN3O/c1-19(2)14-13(7-4-8-17-14)18-15(20)12-6-3-5-11(9-12)10-16/h3-9H,10H2,1-2H3,(H,18,20). The van der Waals surface area contributed by atoms with E-state index >= 15 is 0 Å². The van der Waals surface area contributed by atoms with E-state index < -0.39 is 0 Å². The van der Waals surface area contributed by atoms with Crippen molar-refractivity contribution in [2.45, 2.75) is 5.88 Å². The summed E-state index contributed by atoms with van der Waals surface area (Å²) in [6.07, 6.45) is 1.69. The fourth-order valence-corrected chi connectivity index (χ4v) is 2.01. The highest BCUT2D eigenvalue weighted by molar-refractivity contribution is 6.17. The number of hydrogen-bond acceptors (Lipinski definition) is 3. The summed E-state index contributed by atoms with van der Waals surface area (Å²) >= 11 is 5.78. The molecular formula is C15H16ClN3O. The van der Waals surface area contributed by atoms with Crippen LogP contribution in [0.1, 0.15) is 15.9 Å². The number of nitrogens with one attached hydrogen (secondary N) is 1. The Hall–Kier alpha value is -2.07. The molecule has 0 bridgehead atoms. The molecule has 0 spiro atoms. The summed E-state index contributed by atoms with van der Waals surface area (Å²) in [7, 11) is 3.76. The van der Waals surface area contributed by atoms with Crippen LogP contribution in [0.15, 0.2) is 42.6 Å². The number of rotatable bonds is 4. The Bertz CT molecular complexity index is 614. The predicted octanol–water partition coefficient (Wildman–Crippen LogP) is 3.14. The van der Waals surface area contributed by atoms with Crippen LogP contribution in [0.5, 0.6) is 0 Å². The fourth-order valence-electron chi connectivity index (χ4n) is 1.84. The average molecular weight is 290 g/mol. The van der Waals surface area contributed by atoms with E-state index in [9.17, 15) is 4.79 Å². The summed E-state index contributed by atoms with van der Waals surface area (Å²) < 4.78 is 0. The van der Waals surface area contributed by atoms with Crippen LogP contribution in [-0.2, 0) is 5.88 Å². The molecule has 1 aromatic carbocycles. The van der Waals surface area contributed by atoms with Crippen molar-refractivity contribution in [1.82, 2.24) is 4.98 Å². The van der Waals surface area contributed by atoms with Gasteiger partial charge >= 0.3 is 0 Å². The molecule has 0 saturated carbocycles. The maximum absolute atomic E-state index is 12.3. The van der Waals surface area contributed by atoms with Crippen molar-refractivity contribution in [2.75, 3.05) is 24.3 Å². The molecule has 1 N–H and O–H groups in total. The molecule has 4 nitrogen and oxygen atoms in total. The number of benzene rings is 1. The summed E-state index contributed by atoms with van der Waals surface area (Å²) in [4.78, 5) is 18.4. The normalized spacial score (nSPS) is 10.2. The van der Waals surface area contributed by atoms with Crippen LogP contribution in [0.25, 0.3) is 0 Å². The first-order chi connectivity index (χ1) is 9.61. The van der Waals surface area contributed by atoms with Crippen molar-refractivity contribution < 1.29 is 4.79 Å². The van der Waals surface area contributed by atoms with E-state index in [4.69, 9.17) is 11.6 Å². The Balaban J connectivity index is 2.23. The molecule has 2 aromatic rings. The van der Waals surface area contributed by atoms with E-state index in [0.29, 0.717) is 22.9 Å². The number of halogens is 1. The van der Waals surface area contributed by atoms with Gasteiger partial charge in [0.05, 0.1) is 5.69 Å². The molecule has 20 heavy (non-hydrogen) atoms. The number of nitrogens with zero attached hydrogens (tertiary/aromatic N) is 2. The lowest BCUT2D eigenvalue weighted by Crippen LogP contribution is -2.17. The van der Waals surface area contributed by atoms with Crippen LogP contribution in [0.4, 0.5) is 11.5 Å². The van der Waals surface area contributed by atoms with Crippen molar-refractivity contribution in [3.8, 4) is 0 Å². The lowest BCUT2D eigenvalue weighted by Gasteiger charge is -2.16. The van der Waals surface area contributed by atoms with Gasteiger partial charge in [0.2, 0.25) is 0 Å². The zero-order valence-electron chi connectivity index (χ0n) is 11.4. The topological polar surface area (TPSA) is 45.2 Å². The molecule has 1 aromatic heterocycles. The van der Waals surface area contributed by atoms with Gasteiger partial charge in [-0.3, -0.25) is 4.79 Å². The second-order valence-electron chi connectivity index (χ2n) is 4.56. The molecule has 0 aliphatic heterocycles. The van der Waals surface area contributed by atoms with Crippen LogP contribution in [0.3, 0.4) is 0 Å². The van der Waals surface area contributed by atoms with Gasteiger partial charge in [-0.05, 0) is 29.8 Å². The van der Waals surface area contributed by atoms with Gasteiger partial charge in [-0.1, -0.05) is 12.1 Å². The molecule has 0 saturated heterocycles. The lowest BCUT2D eigenvalue weighted by molar-refractivity contribution is 0.102. The minimum absolute atomic E-state index is 0.173. The Morgan fingerprint density at radius 3 is 2.80 bits per heavy atom. The number of pyridine rings is 1. The van der Waals surface area contributed by atoms with E-state index in [1.165, 1.54) is 0 Å². The van der Waals surface area contributed by atoms with Gasteiger partial charge in [-0.25, -0.2) is 4.98 Å². The molecule has 2 rings (SSSR count). The molecule has 0 unspecified atom stereocenters. The van der Waals surface area contributed by atoms with Gasteiger partial charge in [0.1, 0.15) is 0 Å². The predicted molar refractivity (Wildman–Crippen MR) is 82.5 cm³/mol. The number of anilines is 2. The summed E-state index contributed by atoms with van der Waals surface area (Å²) in [5, 5.41) is 2.87. The maximum atomic E-state index is 12.3. The molecule has 0 aliphatic carbocycles. The zero-order valence-corrected chi connectivity index (χ0v) is 12.2. The third-order valence-corrected chi connectivity index (χ3v) is 3.11. The number of amides is 1. The van der Waals surface area contributed by atoms with Crippen LogP contribution < -0.4 is 10.2 Å². The summed E-state index contributed by atoms with van der Waals surface area (Å²) in [6.45, 7) is 0. The highest BCUT2D eigenvalue weighted by atomic mass is 35.5. The van der Waals surface area contributed by atoms with Crippen molar-refractivity contribution >= 4 is 29.0 Å². The summed E-state index contributed by atoms with van der Waals surface area (Å²) in [5.41, 5.74) is 2.17. The van der Waals surface area contributed by atoms with Crippen LogP contribution in [0.2, 0.25) is 0 Å². The Morgan fingerprint density at radius 2 is 2.10 bits per heavy atom. The van der Waals surface area contributed by atoms with E-state index in [2.05, 4.69) is 10.3 Å². The molecule has 0 radical (unpaired) electrons. The van der Waals surface area contributed by atoms with Gasteiger partial charge in [0.15, 0.2) is 5.82 Å². The molecule has 1 heterocycles. The van der Waals surface area contributed by atoms with Gasteiger partial charge in [0, 0.05) is 31.7 Å². The van der Waals surface area contributed by atoms with E-state index in [1.807, 2.05) is 37.2 Å². The Kier molecular flexibility index (Phi) is 4.58. The van der Waals surface area contributed by atoms with Crippen molar-refractivity contribution in [1.29, 1.82) is 0 Å². The molecular weight excluding hydrogens is 274 g/mol.